The maximum Gasteiger partial charge on any atom is 0.422 e. The fourth-order valence-electron chi connectivity index (χ4n) is 3.38. The molecule has 0 saturated carbocycles. The van der Waals surface area contributed by atoms with Crippen LogP contribution in [0.1, 0.15) is 17.0 Å². The van der Waals surface area contributed by atoms with Crippen LogP contribution in [0.15, 0.2) is 12.1 Å². The van der Waals surface area contributed by atoms with Crippen LogP contribution < -0.4 is 15.8 Å². The molecule has 7 nitrogen and oxygen atoms in total. The molecule has 3 rings (SSSR count). The molecule has 0 radical (unpaired) electrons. The van der Waals surface area contributed by atoms with Crippen molar-refractivity contribution < 1.29 is 17.9 Å². The van der Waals surface area contributed by atoms with Crippen LogP contribution >= 0.6 is 11.6 Å². The molecule has 11 heteroatoms. The Bertz CT molecular complexity index is 1130. The Labute approximate surface area is 176 Å². The maximum atomic E-state index is 13.8. The van der Waals surface area contributed by atoms with Crippen molar-refractivity contribution in [3.05, 3.63) is 34.1 Å². The lowest BCUT2D eigenvalue weighted by molar-refractivity contribution is -0.136. The molecule has 0 aliphatic rings. The summed E-state index contributed by atoms with van der Waals surface area (Å²) in [6.45, 7) is 3.71. The van der Waals surface area contributed by atoms with Crippen molar-refractivity contribution in [3.63, 3.8) is 0 Å². The number of halogens is 4. The van der Waals surface area contributed by atoms with Gasteiger partial charge in [0.2, 0.25) is 5.95 Å². The Morgan fingerprint density at radius 1 is 1.17 bits per heavy atom. The lowest BCUT2D eigenvalue weighted by Gasteiger charge is -2.18. The quantitative estimate of drug-likeness (QED) is 0.622. The molecule has 160 valence electrons. The van der Waals surface area contributed by atoms with Gasteiger partial charge in [-0.2, -0.15) is 23.3 Å². The summed E-state index contributed by atoms with van der Waals surface area (Å²) in [7, 11) is 4.54. The number of ether oxygens (including phenoxy) is 1. The summed E-state index contributed by atoms with van der Waals surface area (Å²) in [4.78, 5) is 7.50. The fourth-order valence-corrected chi connectivity index (χ4v) is 3.64. The van der Waals surface area contributed by atoms with E-state index in [2.05, 4.69) is 20.4 Å². The van der Waals surface area contributed by atoms with Gasteiger partial charge in [-0.3, -0.25) is 4.68 Å². The highest BCUT2D eigenvalue weighted by Gasteiger charge is 2.39. The van der Waals surface area contributed by atoms with Crippen molar-refractivity contribution in [2.45, 2.75) is 20.0 Å². The molecule has 0 spiro atoms. The van der Waals surface area contributed by atoms with Gasteiger partial charge in [-0.1, -0.05) is 11.6 Å². The Hall–Kier alpha value is -3.01. The monoisotopic (exact) mass is 440 g/mol. The number of nitrogen functional groups attached to an aromatic ring is 1. The summed E-state index contributed by atoms with van der Waals surface area (Å²) in [5, 5.41) is 6.85. The van der Waals surface area contributed by atoms with Crippen LogP contribution in [0.2, 0.25) is 5.02 Å². The van der Waals surface area contributed by atoms with Crippen LogP contribution in [0.5, 0.6) is 5.75 Å². The summed E-state index contributed by atoms with van der Waals surface area (Å²) in [5.74, 6) is -0.437. The average molecular weight is 441 g/mol. The van der Waals surface area contributed by atoms with Gasteiger partial charge in [-0.25, -0.2) is 4.98 Å². The third-order valence-corrected chi connectivity index (χ3v) is 5.08. The smallest absolute Gasteiger partial charge is 0.422 e. The van der Waals surface area contributed by atoms with Gasteiger partial charge in [-0.15, -0.1) is 0 Å². The third-order valence-electron chi connectivity index (χ3n) is 4.77. The van der Waals surface area contributed by atoms with E-state index in [0.29, 0.717) is 11.3 Å². The van der Waals surface area contributed by atoms with E-state index in [1.807, 2.05) is 13.8 Å². The van der Waals surface area contributed by atoms with Crippen molar-refractivity contribution in [2.24, 2.45) is 7.05 Å². The molecule has 2 aromatic heterocycles. The first kappa shape index (κ1) is 21.7. The molecule has 3 aromatic rings. The van der Waals surface area contributed by atoms with E-state index in [1.165, 1.54) is 20.2 Å². The van der Waals surface area contributed by atoms with E-state index in [-0.39, 0.29) is 16.5 Å². The molecule has 0 atom stereocenters. The van der Waals surface area contributed by atoms with Gasteiger partial charge in [0.1, 0.15) is 17.1 Å². The summed E-state index contributed by atoms with van der Waals surface area (Å²) in [6, 6.07) is 2.96. The highest BCUT2D eigenvalue weighted by Crippen LogP contribution is 2.46. The van der Waals surface area contributed by atoms with Crippen molar-refractivity contribution in [1.82, 2.24) is 19.7 Å². The zero-order valence-corrected chi connectivity index (χ0v) is 17.7. The number of aryl methyl sites for hydroxylation is 2. The second-order valence-electron chi connectivity index (χ2n) is 6.60. The third kappa shape index (κ3) is 3.62. The van der Waals surface area contributed by atoms with Crippen molar-refractivity contribution in [3.8, 4) is 28.1 Å². The average Bonchev–Trinajstić information content (AvgIpc) is 2.91. The molecule has 1 aromatic carbocycles. The van der Waals surface area contributed by atoms with Crippen LogP contribution in [0, 0.1) is 13.8 Å². The maximum absolute atomic E-state index is 13.8. The van der Waals surface area contributed by atoms with Crippen LogP contribution in [0.25, 0.3) is 22.4 Å². The molecule has 30 heavy (non-hydrogen) atoms. The number of rotatable bonds is 4. The highest BCUT2D eigenvalue weighted by atomic mass is 35.5. The van der Waals surface area contributed by atoms with Gasteiger partial charge in [0.05, 0.1) is 23.5 Å². The first-order chi connectivity index (χ1) is 14.0. The topological polar surface area (TPSA) is 90.9 Å². The molecular formula is C19H20ClF3N6O. The molecule has 0 saturated heterocycles. The number of hydrogen-bond acceptors (Lipinski definition) is 6. The van der Waals surface area contributed by atoms with Gasteiger partial charge in [0, 0.05) is 36.5 Å². The highest BCUT2D eigenvalue weighted by molar-refractivity contribution is 6.33. The number of nitrogens with one attached hydrogen (secondary N) is 1. The van der Waals surface area contributed by atoms with Gasteiger partial charge in [-0.05, 0) is 26.0 Å². The number of aromatic nitrogens is 4. The zero-order valence-electron chi connectivity index (χ0n) is 16.9. The first-order valence-corrected chi connectivity index (χ1v) is 9.18. The number of methoxy groups -OCH3 is 1. The van der Waals surface area contributed by atoms with E-state index < -0.39 is 23.3 Å². The van der Waals surface area contributed by atoms with Crippen molar-refractivity contribution in [1.29, 1.82) is 0 Å². The SMILES string of the molecule is CNc1nc(N)nc(-c2cc(OC)c(-c3c(C)nn(C)c3C)cc2Cl)c1C(F)(F)F. The lowest BCUT2D eigenvalue weighted by atomic mass is 9.98. The molecule has 2 heterocycles. The van der Waals surface area contributed by atoms with Crippen LogP contribution in [0.4, 0.5) is 24.9 Å². The minimum absolute atomic E-state index is 0.0226. The second kappa shape index (κ2) is 7.67. The Balaban J connectivity index is 2.34. The Kier molecular flexibility index (Phi) is 5.55. The molecule has 0 aliphatic heterocycles. The number of alkyl halides is 3. The summed E-state index contributed by atoms with van der Waals surface area (Å²) < 4.78 is 48.7. The molecule has 0 aliphatic carbocycles. The molecule has 0 fully saturated rings. The summed E-state index contributed by atoms with van der Waals surface area (Å²) >= 11 is 6.45. The standard InChI is InChI=1S/C19H20ClF3N6O/c1-8-14(9(2)29(4)28-8)11-6-12(20)10(7-13(11)30-5)16-15(19(21,22)23)17(25-3)27-18(24)26-16/h6-7H,1-5H3,(H3,24,25,26,27). The molecule has 0 unspecified atom stereocenters. The largest absolute Gasteiger partial charge is 0.496 e. The van der Waals surface area contributed by atoms with E-state index >= 15 is 0 Å². The number of hydrogen-bond donors (Lipinski definition) is 2. The van der Waals surface area contributed by atoms with Gasteiger partial charge in [0.25, 0.3) is 0 Å². The van der Waals surface area contributed by atoms with Gasteiger partial charge >= 0.3 is 6.18 Å². The fraction of sp³-hybridized carbons (Fsp3) is 0.316. The molecule has 0 bridgehead atoms. The lowest BCUT2D eigenvalue weighted by Crippen LogP contribution is -2.15. The predicted molar refractivity (Wildman–Crippen MR) is 110 cm³/mol. The number of anilines is 2. The number of nitrogens with two attached hydrogens (primary N) is 1. The normalized spacial score (nSPS) is 11.6. The van der Waals surface area contributed by atoms with Crippen LogP contribution in [-0.4, -0.2) is 33.9 Å². The predicted octanol–water partition coefficient (Wildman–Crippen LogP) is 4.47. The van der Waals surface area contributed by atoms with E-state index in [9.17, 15) is 13.2 Å². The minimum Gasteiger partial charge on any atom is -0.496 e. The summed E-state index contributed by atoms with van der Waals surface area (Å²) in [5.41, 5.74) is 7.16. The van der Waals surface area contributed by atoms with Crippen molar-refractivity contribution >= 4 is 23.4 Å². The molecule has 0 amide bonds. The van der Waals surface area contributed by atoms with E-state index in [0.717, 1.165) is 17.0 Å². The van der Waals surface area contributed by atoms with E-state index in [4.69, 9.17) is 22.1 Å². The van der Waals surface area contributed by atoms with Gasteiger partial charge in [0.15, 0.2) is 0 Å². The first-order valence-electron chi connectivity index (χ1n) is 8.80. The second-order valence-corrected chi connectivity index (χ2v) is 7.01. The molecule has 3 N–H and O–H groups in total. The number of nitrogens with zero attached hydrogens (tertiary/aromatic N) is 4. The number of benzene rings is 1. The van der Waals surface area contributed by atoms with Crippen LogP contribution in [-0.2, 0) is 13.2 Å². The Morgan fingerprint density at radius 2 is 1.83 bits per heavy atom. The Morgan fingerprint density at radius 3 is 2.33 bits per heavy atom. The summed E-state index contributed by atoms with van der Waals surface area (Å²) in [6.07, 6.45) is -4.74. The van der Waals surface area contributed by atoms with Crippen molar-refractivity contribution in [2.75, 3.05) is 25.2 Å². The van der Waals surface area contributed by atoms with E-state index in [1.54, 1.807) is 17.8 Å². The van der Waals surface area contributed by atoms with Gasteiger partial charge < -0.3 is 15.8 Å². The molecular weight excluding hydrogens is 421 g/mol. The zero-order chi connectivity index (χ0) is 22.4. The minimum atomic E-state index is -4.74. The van der Waals surface area contributed by atoms with Crippen LogP contribution in [0.3, 0.4) is 0 Å².